The van der Waals surface area contributed by atoms with Crippen molar-refractivity contribution in [3.63, 3.8) is 0 Å². The van der Waals surface area contributed by atoms with Crippen LogP contribution in [0.25, 0.3) is 21.9 Å². The van der Waals surface area contributed by atoms with Gasteiger partial charge in [0.1, 0.15) is 5.69 Å². The molecule has 2 aromatic carbocycles. The molecule has 0 spiro atoms. The standard InChI is InChI=1S/C23H23N5O3/c1-2-14-27-19-9-5-6-10-20(19)28(23(27)31)15-13-21(29)25-26-22(30)18-12-11-16-7-3-4-8-17(16)24-18/h3-12H,2,13-15H2,1H3,(H,25,29)(H,26,30). The molecule has 31 heavy (non-hydrogen) atoms. The van der Waals surface area contributed by atoms with Gasteiger partial charge in [-0.25, -0.2) is 9.78 Å². The summed E-state index contributed by atoms with van der Waals surface area (Å²) in [6.45, 7) is 2.85. The molecule has 0 unspecified atom stereocenters. The number of hydrogen-bond donors (Lipinski definition) is 2. The Bertz CT molecular complexity index is 1320. The summed E-state index contributed by atoms with van der Waals surface area (Å²) < 4.78 is 3.32. The van der Waals surface area contributed by atoms with Crippen LogP contribution < -0.4 is 16.5 Å². The summed E-state index contributed by atoms with van der Waals surface area (Å²) in [6, 6.07) is 18.4. The van der Waals surface area contributed by atoms with Gasteiger partial charge in [0, 0.05) is 24.9 Å². The number of pyridine rings is 1. The lowest BCUT2D eigenvalue weighted by Crippen LogP contribution is -2.42. The summed E-state index contributed by atoms with van der Waals surface area (Å²) in [5.74, 6) is -0.899. The van der Waals surface area contributed by atoms with E-state index in [4.69, 9.17) is 0 Å². The molecule has 8 heteroatoms. The van der Waals surface area contributed by atoms with Crippen LogP contribution in [0.2, 0.25) is 0 Å². The summed E-state index contributed by atoms with van der Waals surface area (Å²) in [4.78, 5) is 41.7. The van der Waals surface area contributed by atoms with Gasteiger partial charge in [0.25, 0.3) is 5.91 Å². The molecule has 2 aromatic heterocycles. The summed E-state index contributed by atoms with van der Waals surface area (Å²) in [7, 11) is 0. The van der Waals surface area contributed by atoms with E-state index in [2.05, 4.69) is 15.8 Å². The van der Waals surface area contributed by atoms with Crippen LogP contribution in [0.15, 0.2) is 65.5 Å². The van der Waals surface area contributed by atoms with Gasteiger partial charge in [-0.15, -0.1) is 0 Å². The number of imidazole rings is 1. The highest BCUT2D eigenvalue weighted by molar-refractivity contribution is 5.95. The fraction of sp³-hybridized carbons (Fsp3) is 0.217. The molecule has 4 rings (SSSR count). The third-order valence-corrected chi connectivity index (χ3v) is 5.08. The van der Waals surface area contributed by atoms with E-state index in [1.54, 1.807) is 21.3 Å². The lowest BCUT2D eigenvalue weighted by molar-refractivity contribution is -0.122. The Hall–Kier alpha value is -3.94. The number of nitrogens with zero attached hydrogens (tertiary/aromatic N) is 3. The molecule has 0 radical (unpaired) electrons. The predicted octanol–water partition coefficient (Wildman–Crippen LogP) is 2.61. The first kappa shape index (κ1) is 20.3. The van der Waals surface area contributed by atoms with Crippen LogP contribution in [0.4, 0.5) is 0 Å². The van der Waals surface area contributed by atoms with E-state index >= 15 is 0 Å². The SMILES string of the molecule is CCCn1c(=O)n(CCC(=O)NNC(=O)c2ccc3ccccc3n2)c2ccccc21. The quantitative estimate of drug-likeness (QED) is 0.471. The summed E-state index contributed by atoms with van der Waals surface area (Å²) in [6.07, 6.45) is 0.884. The second-order valence-corrected chi connectivity index (χ2v) is 7.22. The van der Waals surface area contributed by atoms with Crippen molar-refractivity contribution in [1.82, 2.24) is 25.0 Å². The molecule has 0 fully saturated rings. The van der Waals surface area contributed by atoms with Gasteiger partial charge in [0.15, 0.2) is 0 Å². The molecule has 0 saturated carbocycles. The molecule has 0 saturated heterocycles. The Kier molecular flexibility index (Phi) is 5.79. The lowest BCUT2D eigenvalue weighted by atomic mass is 10.2. The first-order valence-electron chi connectivity index (χ1n) is 10.2. The van der Waals surface area contributed by atoms with Gasteiger partial charge in [-0.3, -0.25) is 29.6 Å². The number of rotatable bonds is 6. The van der Waals surface area contributed by atoms with Crippen molar-refractivity contribution < 1.29 is 9.59 Å². The number of carbonyl (C=O) groups excluding carboxylic acids is 2. The van der Waals surface area contributed by atoms with E-state index in [0.29, 0.717) is 12.1 Å². The zero-order chi connectivity index (χ0) is 21.8. The normalized spacial score (nSPS) is 11.0. The number of hydrazine groups is 1. The third kappa shape index (κ3) is 4.18. The molecule has 0 aliphatic carbocycles. The fourth-order valence-corrected chi connectivity index (χ4v) is 3.59. The molecule has 0 aliphatic rings. The molecule has 2 N–H and O–H groups in total. The van der Waals surface area contributed by atoms with Crippen molar-refractivity contribution >= 4 is 33.8 Å². The largest absolute Gasteiger partial charge is 0.329 e. The minimum Gasteiger partial charge on any atom is -0.292 e. The third-order valence-electron chi connectivity index (χ3n) is 5.08. The van der Waals surface area contributed by atoms with Crippen molar-refractivity contribution in [2.75, 3.05) is 0 Å². The summed E-state index contributed by atoms with van der Waals surface area (Å²) in [5, 5.41) is 0.927. The second kappa shape index (κ2) is 8.83. The van der Waals surface area contributed by atoms with Gasteiger partial charge in [0.2, 0.25) is 5.91 Å². The maximum atomic E-state index is 12.8. The Morgan fingerprint density at radius 1 is 0.871 bits per heavy atom. The van der Waals surface area contributed by atoms with Crippen LogP contribution in [0.5, 0.6) is 0 Å². The summed E-state index contributed by atoms with van der Waals surface area (Å²) >= 11 is 0. The van der Waals surface area contributed by atoms with Crippen molar-refractivity contribution in [3.05, 3.63) is 76.8 Å². The summed E-state index contributed by atoms with van der Waals surface area (Å²) in [5.41, 5.74) is 7.19. The van der Waals surface area contributed by atoms with Gasteiger partial charge in [0.05, 0.1) is 16.6 Å². The average molecular weight is 417 g/mol. The van der Waals surface area contributed by atoms with Gasteiger partial charge in [-0.05, 0) is 30.7 Å². The molecule has 0 aliphatic heterocycles. The number of aryl methyl sites for hydroxylation is 2. The number of aromatic nitrogens is 3. The first-order chi connectivity index (χ1) is 15.1. The molecule has 0 bridgehead atoms. The van der Waals surface area contributed by atoms with E-state index in [1.807, 2.05) is 55.5 Å². The van der Waals surface area contributed by atoms with E-state index < -0.39 is 11.8 Å². The van der Waals surface area contributed by atoms with Crippen molar-refractivity contribution in [1.29, 1.82) is 0 Å². The Morgan fingerprint density at radius 2 is 1.55 bits per heavy atom. The average Bonchev–Trinajstić information content (AvgIpc) is 3.07. The number of fused-ring (bicyclic) bond motifs is 2. The maximum Gasteiger partial charge on any atom is 0.329 e. The van der Waals surface area contributed by atoms with Crippen molar-refractivity contribution in [3.8, 4) is 0 Å². The zero-order valence-electron chi connectivity index (χ0n) is 17.2. The molecule has 4 aromatic rings. The number of para-hydroxylation sites is 3. The van der Waals surface area contributed by atoms with Crippen LogP contribution in [-0.4, -0.2) is 25.9 Å². The molecular weight excluding hydrogens is 394 g/mol. The number of hydrogen-bond acceptors (Lipinski definition) is 4. The van der Waals surface area contributed by atoms with Crippen LogP contribution in [0.3, 0.4) is 0 Å². The Morgan fingerprint density at radius 3 is 2.29 bits per heavy atom. The molecular formula is C23H23N5O3. The van der Waals surface area contributed by atoms with E-state index in [1.165, 1.54) is 0 Å². The van der Waals surface area contributed by atoms with Crippen molar-refractivity contribution in [2.24, 2.45) is 0 Å². The number of benzene rings is 2. The van der Waals surface area contributed by atoms with E-state index in [-0.39, 0.29) is 24.3 Å². The monoisotopic (exact) mass is 417 g/mol. The molecule has 2 amide bonds. The number of amides is 2. The van der Waals surface area contributed by atoms with Crippen molar-refractivity contribution in [2.45, 2.75) is 32.9 Å². The number of nitrogens with one attached hydrogen (secondary N) is 2. The van der Waals surface area contributed by atoms with Crippen LogP contribution in [0.1, 0.15) is 30.3 Å². The Labute approximate surface area is 178 Å². The molecule has 8 nitrogen and oxygen atoms in total. The smallest absolute Gasteiger partial charge is 0.292 e. The van der Waals surface area contributed by atoms with Crippen LogP contribution in [-0.2, 0) is 17.9 Å². The topological polar surface area (TPSA) is 98.0 Å². The Balaban J connectivity index is 1.40. The number of carbonyl (C=O) groups is 2. The van der Waals surface area contributed by atoms with Gasteiger partial charge >= 0.3 is 5.69 Å². The van der Waals surface area contributed by atoms with E-state index in [0.717, 1.165) is 22.8 Å². The molecule has 0 atom stereocenters. The lowest BCUT2D eigenvalue weighted by Gasteiger charge is -2.08. The molecule has 2 heterocycles. The first-order valence-corrected chi connectivity index (χ1v) is 10.2. The highest BCUT2D eigenvalue weighted by Gasteiger charge is 2.14. The van der Waals surface area contributed by atoms with Gasteiger partial charge in [-0.1, -0.05) is 43.3 Å². The minimum atomic E-state index is -0.504. The zero-order valence-corrected chi connectivity index (χ0v) is 17.2. The highest BCUT2D eigenvalue weighted by atomic mass is 16.2. The van der Waals surface area contributed by atoms with E-state index in [9.17, 15) is 14.4 Å². The highest BCUT2D eigenvalue weighted by Crippen LogP contribution is 2.14. The maximum absolute atomic E-state index is 12.8. The fourth-order valence-electron chi connectivity index (χ4n) is 3.59. The van der Waals surface area contributed by atoms with Crippen LogP contribution in [0, 0.1) is 0 Å². The van der Waals surface area contributed by atoms with Gasteiger partial charge in [-0.2, -0.15) is 0 Å². The van der Waals surface area contributed by atoms with Gasteiger partial charge < -0.3 is 0 Å². The minimum absolute atomic E-state index is 0.0471. The predicted molar refractivity (Wildman–Crippen MR) is 118 cm³/mol. The second-order valence-electron chi connectivity index (χ2n) is 7.22. The molecule has 158 valence electrons. The van der Waals surface area contributed by atoms with Crippen LogP contribution >= 0.6 is 0 Å².